The highest BCUT2D eigenvalue weighted by Crippen LogP contribution is 2.26. The van der Waals surface area contributed by atoms with Gasteiger partial charge in [0.15, 0.2) is 0 Å². The van der Waals surface area contributed by atoms with Crippen LogP contribution in [0.25, 0.3) is 0 Å². The van der Waals surface area contributed by atoms with Gasteiger partial charge in [0.05, 0.1) is 116 Å². The van der Waals surface area contributed by atoms with Crippen molar-refractivity contribution in [3.8, 4) is 0 Å². The van der Waals surface area contributed by atoms with Gasteiger partial charge in [-0.2, -0.15) is 0 Å². The summed E-state index contributed by atoms with van der Waals surface area (Å²) in [6.07, 6.45) is 49.2. The van der Waals surface area contributed by atoms with Crippen molar-refractivity contribution < 1.29 is 0 Å². The molecule has 6 aliphatic carbocycles. The van der Waals surface area contributed by atoms with Crippen molar-refractivity contribution in [2.45, 2.75) is 508 Å². The predicted molar refractivity (Wildman–Crippen MR) is 574 cm³/mol. The minimum atomic E-state index is 0.0919. The minimum Gasteiger partial charge on any atom is -0.330 e. The van der Waals surface area contributed by atoms with E-state index in [0.717, 1.165) is 72.5 Å². The molecular weight excluding hydrogens is 1590 g/mol. The van der Waals surface area contributed by atoms with Gasteiger partial charge < -0.3 is 54.8 Å². The second-order valence-electron chi connectivity index (χ2n) is 35.4. The summed E-state index contributed by atoms with van der Waals surface area (Å²) in [6, 6.07) is 10.7. The molecule has 114 heavy (non-hydrogen) atoms. The molecule has 0 aromatic carbocycles. The summed E-state index contributed by atoms with van der Waals surface area (Å²) < 4.78 is 31.7. The van der Waals surface area contributed by atoms with E-state index < -0.39 is 0 Å². The zero-order valence-corrected chi connectivity index (χ0v) is 103. The summed E-state index contributed by atoms with van der Waals surface area (Å²) in [5.41, 5.74) is 0. The summed E-state index contributed by atoms with van der Waals surface area (Å²) in [5, 5.41) is 0. The Morgan fingerprint density at radius 1 is 0.219 bits per heavy atom. The van der Waals surface area contributed by atoms with E-state index in [4.69, 9.17) is 0 Å². The van der Waals surface area contributed by atoms with Gasteiger partial charge >= 0.3 is 0 Å². The lowest BCUT2D eigenvalue weighted by atomic mass is 9.95. The standard InChI is InChI=1S/C10H23NSi.2C9H21NSi.2C8H19NSi.C8H21NSi.C7H17NSi.2C7H19NSi.2C6H17NSi.C5H15NSi/c1-3-9-11(12-2)10-7-5-4-6-8-10;1-3-10(11-2)9-7-5-4-6-8-9;1-3-8-10(11-2)9-6-4-5-7-9;1-9(10-2)8-6-4-3-5-7-8;1-3-9(10-2)8-6-4-5-7-8;1-5-7-9(10-4)8(3)6-2;1-8(9-2)7-5-3-4-6-7;1-5-6-8(9-4)7(2)3;1-5-7(3)8(6-2)9-4;1-5-6(2)7(3)8-4;1-5-7(8-4)6(2)3;1-5(2)6(3)7-4/h10H,3-9,12H2,1-2H3;2*9H,3-8,11H2,1-2H3;2*8H,3-7,10H2,1-2H3;8H,5-7,10H2,1-4H3;7H,3-6,9H2,1-2H3;2*7H,5-6,9H2,1-4H3;2*6H,5,8H2,1-4H3;5H,7H2,1-4H3. The Kier molecular flexibility index (Phi) is 102. The Bertz CT molecular complexity index is 1770. The summed E-state index contributed by atoms with van der Waals surface area (Å²) in [5.74, 6) is 0. The van der Waals surface area contributed by atoms with E-state index in [1.54, 1.807) is 0 Å². The van der Waals surface area contributed by atoms with Crippen LogP contribution in [0.4, 0.5) is 0 Å². The number of hydrogen-bond donors (Lipinski definition) is 0. The van der Waals surface area contributed by atoms with Gasteiger partial charge in [0.1, 0.15) is 0 Å². The molecule has 696 valence electrons. The van der Waals surface area contributed by atoms with Gasteiger partial charge in [0, 0.05) is 36.3 Å². The van der Waals surface area contributed by atoms with Crippen molar-refractivity contribution in [2.75, 3.05) is 80.5 Å². The molecule has 0 bridgehead atoms. The van der Waals surface area contributed by atoms with Crippen molar-refractivity contribution >= 4 is 116 Å². The van der Waals surface area contributed by atoms with Crippen LogP contribution in [0.3, 0.4) is 0 Å². The van der Waals surface area contributed by atoms with E-state index in [9.17, 15) is 0 Å². The largest absolute Gasteiger partial charge is 0.330 e. The van der Waals surface area contributed by atoms with Gasteiger partial charge in [-0.05, 0) is 239 Å². The van der Waals surface area contributed by atoms with Crippen LogP contribution in [-0.4, -0.2) is 324 Å². The second-order valence-corrected chi connectivity index (χ2v) is 53.5. The highest BCUT2D eigenvalue weighted by Gasteiger charge is 2.23. The molecule has 0 heterocycles. The fraction of sp³-hybridized carbons (Fsp3) is 1.00. The highest BCUT2D eigenvalue weighted by molar-refractivity contribution is 6.33. The van der Waals surface area contributed by atoms with Crippen LogP contribution < -0.4 is 0 Å². The van der Waals surface area contributed by atoms with E-state index in [1.165, 1.54) is 271 Å². The Morgan fingerprint density at radius 2 is 0.465 bits per heavy atom. The third-order valence-electron chi connectivity index (χ3n) is 27.0. The third kappa shape index (κ3) is 69.3. The molecule has 0 amide bonds. The number of hydrogen-bond acceptors (Lipinski definition) is 12. The molecule has 0 aromatic heterocycles. The lowest BCUT2D eigenvalue weighted by molar-refractivity contribution is 0.258. The van der Waals surface area contributed by atoms with Crippen molar-refractivity contribution in [1.29, 1.82) is 0 Å². The van der Waals surface area contributed by atoms with E-state index >= 15 is 0 Å². The molecule has 0 spiro atoms. The lowest BCUT2D eigenvalue weighted by Gasteiger charge is -2.33. The average Bonchev–Trinajstić information content (AvgIpc) is 1.29. The number of nitrogens with zero attached hydrogens (tertiary/aromatic N) is 12. The number of rotatable bonds is 39. The molecule has 24 heteroatoms. The molecule has 12 nitrogen and oxygen atoms in total. The first-order valence-corrected chi connectivity index (χ1v) is 75.9. The van der Waals surface area contributed by atoms with Crippen molar-refractivity contribution in [2.24, 2.45) is 0 Å². The molecule has 6 saturated carbocycles. The quantitative estimate of drug-likeness (QED) is 0.0551. The first-order chi connectivity index (χ1) is 54.6. The van der Waals surface area contributed by atoms with Crippen LogP contribution in [0.5, 0.6) is 0 Å². The average molecular weight is 1820 g/mol. The zero-order chi connectivity index (χ0) is 88.0. The SMILES string of the molecule is CCC(C)N(C)[SiH2]C.CCC(C)N(CC)[SiH2]C.CCCN([SiH2]C)C(C)C.CCCN([SiH2]C)C(C)CC.CCCN([SiH2]C)C1CCCC1.CCCN([SiH2]C)C1CCCCC1.CCN([SiH2]C)C(C)C.CCN([SiH2]C)C1CCCC1.CCN([SiH2]C)C1CCCCC1.C[SiH2]N(C)C(C)C.C[SiH2]N(C)C1CCCC1.C[SiH2]N(C)C1CCCCC1. The van der Waals surface area contributed by atoms with Crippen LogP contribution >= 0.6 is 0 Å². The summed E-state index contributed by atoms with van der Waals surface area (Å²) >= 11 is 0. The summed E-state index contributed by atoms with van der Waals surface area (Å²) in [7, 11) is 10.4. The second kappa shape index (κ2) is 91.3. The maximum absolute atomic E-state index is 2.80. The van der Waals surface area contributed by atoms with Crippen LogP contribution in [0.1, 0.15) is 357 Å². The van der Waals surface area contributed by atoms with Gasteiger partial charge in [-0.25, -0.2) is 0 Å². The van der Waals surface area contributed by atoms with Crippen LogP contribution in [-0.2, 0) is 0 Å². The van der Waals surface area contributed by atoms with Gasteiger partial charge in [0.2, 0.25) is 0 Å². The predicted octanol–water partition coefficient (Wildman–Crippen LogP) is 15.7. The fourth-order valence-electron chi connectivity index (χ4n) is 17.4. The van der Waals surface area contributed by atoms with Crippen molar-refractivity contribution in [1.82, 2.24) is 54.8 Å². The molecular formula is C90H228N12Si12. The van der Waals surface area contributed by atoms with E-state index in [2.05, 4.69) is 300 Å². The summed E-state index contributed by atoms with van der Waals surface area (Å²) in [4.78, 5) is 0. The molecule has 0 radical (unpaired) electrons. The van der Waals surface area contributed by atoms with Crippen LogP contribution in [0, 0.1) is 0 Å². The molecule has 3 atom stereocenters. The zero-order valence-electron chi connectivity index (χ0n) is 86.5. The van der Waals surface area contributed by atoms with E-state index in [-0.39, 0.29) is 116 Å². The van der Waals surface area contributed by atoms with E-state index in [1.807, 2.05) is 0 Å². The Morgan fingerprint density at radius 3 is 0.623 bits per heavy atom. The lowest BCUT2D eigenvalue weighted by Crippen LogP contribution is -2.38. The topological polar surface area (TPSA) is 38.9 Å². The smallest absolute Gasteiger partial charge is 0.0923 e. The van der Waals surface area contributed by atoms with E-state index in [0.29, 0.717) is 0 Å². The fourth-order valence-corrected chi connectivity index (χ4v) is 31.9. The normalized spacial score (nSPS) is 18.6. The molecule has 0 aromatic rings. The molecule has 3 unspecified atom stereocenters. The third-order valence-corrected chi connectivity index (χ3v) is 47.7. The first-order valence-electron chi connectivity index (χ1n) is 51.3. The Labute approximate surface area is 753 Å². The molecule has 6 aliphatic rings. The Balaban J connectivity index is -0.000000280. The summed E-state index contributed by atoms with van der Waals surface area (Å²) in [6.45, 7) is 84.4. The molecule has 0 N–H and O–H groups in total. The van der Waals surface area contributed by atoms with Gasteiger partial charge in [-0.15, -0.1) is 0 Å². The van der Waals surface area contributed by atoms with Crippen molar-refractivity contribution in [3.63, 3.8) is 0 Å². The maximum Gasteiger partial charge on any atom is 0.0923 e. The van der Waals surface area contributed by atoms with Gasteiger partial charge in [-0.3, -0.25) is 0 Å². The first kappa shape index (κ1) is 127. The Hall–Kier alpha value is 2.12. The molecule has 0 saturated heterocycles. The highest BCUT2D eigenvalue weighted by atomic mass is 28.2. The molecule has 0 aliphatic heterocycles. The van der Waals surface area contributed by atoms with Crippen LogP contribution in [0.2, 0.25) is 78.6 Å². The van der Waals surface area contributed by atoms with Gasteiger partial charge in [0.25, 0.3) is 0 Å². The monoisotopic (exact) mass is 1810 g/mol. The van der Waals surface area contributed by atoms with Crippen molar-refractivity contribution in [3.05, 3.63) is 0 Å². The maximum atomic E-state index is 2.80. The molecule has 6 rings (SSSR count). The van der Waals surface area contributed by atoms with Gasteiger partial charge in [-0.1, -0.05) is 313 Å². The molecule has 6 fully saturated rings. The van der Waals surface area contributed by atoms with Crippen LogP contribution in [0.15, 0.2) is 0 Å². The minimum absolute atomic E-state index is 0.0919.